The molecule has 0 atom stereocenters. The van der Waals surface area contributed by atoms with Gasteiger partial charge in [0.15, 0.2) is 0 Å². The van der Waals surface area contributed by atoms with Gasteiger partial charge in [0.05, 0.1) is 13.1 Å². The molecular weight excluding hydrogens is 312 g/mol. The van der Waals surface area contributed by atoms with Crippen LogP contribution in [0.1, 0.15) is 11.3 Å². The molecule has 1 N–H and O–H groups in total. The minimum atomic E-state index is -0.465. The SMILES string of the molecule is Cn1nnnc1NCc1nn(C)c(=O)n(Cc2ccccc2)c1=O. The van der Waals surface area contributed by atoms with Crippen LogP contribution in [-0.4, -0.2) is 34.6 Å². The Bertz CT molecular complexity index is 957. The van der Waals surface area contributed by atoms with Crippen LogP contribution in [0, 0.1) is 0 Å². The molecule has 10 heteroatoms. The fraction of sp³-hybridized carbons (Fsp3) is 0.286. The predicted molar refractivity (Wildman–Crippen MR) is 85.4 cm³/mol. The molecule has 0 aliphatic rings. The van der Waals surface area contributed by atoms with Crippen LogP contribution in [0.15, 0.2) is 39.9 Å². The normalized spacial score (nSPS) is 10.8. The zero-order valence-corrected chi connectivity index (χ0v) is 13.2. The van der Waals surface area contributed by atoms with Crippen LogP contribution in [0.5, 0.6) is 0 Å². The standard InChI is InChI=1S/C14H16N8O2/c1-20-13(16-18-19-20)15-8-11-12(23)22(14(24)21(2)17-11)9-10-6-4-3-5-7-10/h3-7H,8-9H2,1-2H3,(H,15,16,19). The molecule has 0 fully saturated rings. The number of hydrogen-bond donors (Lipinski definition) is 1. The van der Waals surface area contributed by atoms with Crippen LogP contribution in [0.25, 0.3) is 0 Å². The van der Waals surface area contributed by atoms with E-state index in [1.807, 2.05) is 30.3 Å². The Morgan fingerprint density at radius 3 is 2.50 bits per heavy atom. The van der Waals surface area contributed by atoms with E-state index in [0.29, 0.717) is 5.95 Å². The summed E-state index contributed by atoms with van der Waals surface area (Å²) in [5.41, 5.74) is 0.160. The van der Waals surface area contributed by atoms with E-state index in [2.05, 4.69) is 25.9 Å². The van der Waals surface area contributed by atoms with Crippen LogP contribution < -0.4 is 16.6 Å². The maximum Gasteiger partial charge on any atom is 0.347 e. The number of tetrazole rings is 1. The molecule has 0 radical (unpaired) electrons. The molecule has 0 bridgehead atoms. The Labute approximate surface area is 136 Å². The van der Waals surface area contributed by atoms with Gasteiger partial charge in [-0.25, -0.2) is 14.2 Å². The Balaban J connectivity index is 1.92. The third-order valence-corrected chi connectivity index (χ3v) is 3.49. The van der Waals surface area contributed by atoms with E-state index in [9.17, 15) is 9.59 Å². The first-order valence-corrected chi connectivity index (χ1v) is 7.23. The van der Waals surface area contributed by atoms with Crippen LogP contribution >= 0.6 is 0 Å². The Kier molecular flexibility index (Phi) is 4.18. The smallest absolute Gasteiger partial charge is 0.347 e. The molecule has 0 saturated heterocycles. The molecule has 2 aromatic heterocycles. The number of rotatable bonds is 5. The molecule has 24 heavy (non-hydrogen) atoms. The van der Waals surface area contributed by atoms with E-state index in [1.165, 1.54) is 11.7 Å². The topological polar surface area (TPSA) is 113 Å². The molecule has 0 aliphatic heterocycles. The van der Waals surface area contributed by atoms with E-state index in [4.69, 9.17) is 0 Å². The minimum Gasteiger partial charge on any atom is -0.347 e. The highest BCUT2D eigenvalue weighted by molar-refractivity contribution is 5.22. The van der Waals surface area contributed by atoms with Gasteiger partial charge in [0.1, 0.15) is 5.69 Å². The zero-order valence-electron chi connectivity index (χ0n) is 13.2. The van der Waals surface area contributed by atoms with Gasteiger partial charge in [-0.2, -0.15) is 5.10 Å². The minimum absolute atomic E-state index is 0.107. The van der Waals surface area contributed by atoms with Crippen LogP contribution in [0.3, 0.4) is 0 Å². The summed E-state index contributed by atoms with van der Waals surface area (Å²) in [6.45, 7) is 0.295. The molecule has 3 rings (SSSR count). The first-order chi connectivity index (χ1) is 11.6. The largest absolute Gasteiger partial charge is 0.347 e. The molecular formula is C14H16N8O2. The van der Waals surface area contributed by atoms with Gasteiger partial charge in [0, 0.05) is 14.1 Å². The monoisotopic (exact) mass is 328 g/mol. The van der Waals surface area contributed by atoms with Crippen molar-refractivity contribution in [1.29, 1.82) is 0 Å². The fourth-order valence-electron chi connectivity index (χ4n) is 2.24. The second-order valence-electron chi connectivity index (χ2n) is 5.21. The van der Waals surface area contributed by atoms with Crippen molar-refractivity contribution in [3.63, 3.8) is 0 Å². The molecule has 1 aromatic carbocycles. The van der Waals surface area contributed by atoms with Gasteiger partial charge in [-0.15, -0.1) is 0 Å². The van der Waals surface area contributed by atoms with Crippen molar-refractivity contribution >= 4 is 5.95 Å². The lowest BCUT2D eigenvalue weighted by molar-refractivity contribution is 0.555. The lowest BCUT2D eigenvalue weighted by atomic mass is 10.2. The third kappa shape index (κ3) is 3.07. The van der Waals surface area contributed by atoms with Crippen molar-refractivity contribution in [3.05, 3.63) is 62.4 Å². The lowest BCUT2D eigenvalue weighted by Gasteiger charge is -2.10. The third-order valence-electron chi connectivity index (χ3n) is 3.49. The molecule has 0 saturated carbocycles. The summed E-state index contributed by atoms with van der Waals surface area (Å²) in [4.78, 5) is 24.8. The van der Waals surface area contributed by atoms with Gasteiger partial charge >= 0.3 is 5.69 Å². The number of aryl methyl sites for hydroxylation is 2. The van der Waals surface area contributed by atoms with Gasteiger partial charge in [-0.1, -0.05) is 35.4 Å². The quantitative estimate of drug-likeness (QED) is 0.647. The molecule has 0 aliphatic carbocycles. The molecule has 124 valence electrons. The van der Waals surface area contributed by atoms with Crippen molar-refractivity contribution in [2.75, 3.05) is 5.32 Å². The highest BCUT2D eigenvalue weighted by Gasteiger charge is 2.13. The molecule has 3 aromatic rings. The highest BCUT2D eigenvalue weighted by atomic mass is 16.2. The summed E-state index contributed by atoms with van der Waals surface area (Å²) in [7, 11) is 3.18. The number of anilines is 1. The van der Waals surface area contributed by atoms with Gasteiger partial charge in [-0.3, -0.25) is 9.36 Å². The summed E-state index contributed by atoms with van der Waals surface area (Å²) in [5.74, 6) is 0.402. The summed E-state index contributed by atoms with van der Waals surface area (Å²) in [6, 6.07) is 9.30. The summed E-state index contributed by atoms with van der Waals surface area (Å²) >= 11 is 0. The van der Waals surface area contributed by atoms with E-state index in [0.717, 1.165) is 14.8 Å². The fourth-order valence-corrected chi connectivity index (χ4v) is 2.24. The van der Waals surface area contributed by atoms with Gasteiger partial charge in [-0.05, 0) is 16.0 Å². The maximum absolute atomic E-state index is 12.6. The Morgan fingerprint density at radius 2 is 1.83 bits per heavy atom. The first kappa shape index (κ1) is 15.6. The highest BCUT2D eigenvalue weighted by Crippen LogP contribution is 2.00. The Hall–Kier alpha value is -3.30. The van der Waals surface area contributed by atoms with Crippen molar-refractivity contribution in [1.82, 2.24) is 34.6 Å². The lowest BCUT2D eigenvalue weighted by Crippen LogP contribution is -2.43. The molecule has 0 spiro atoms. The van der Waals surface area contributed by atoms with Crippen molar-refractivity contribution in [2.45, 2.75) is 13.1 Å². The molecule has 2 heterocycles. The second-order valence-corrected chi connectivity index (χ2v) is 5.21. The maximum atomic E-state index is 12.6. The number of aromatic nitrogens is 7. The molecule has 0 amide bonds. The van der Waals surface area contributed by atoms with E-state index in [1.54, 1.807) is 7.05 Å². The summed E-state index contributed by atoms with van der Waals surface area (Å²) in [5, 5.41) is 17.9. The summed E-state index contributed by atoms with van der Waals surface area (Å²) in [6.07, 6.45) is 0. The molecule has 10 nitrogen and oxygen atoms in total. The number of benzene rings is 1. The number of nitrogens with zero attached hydrogens (tertiary/aromatic N) is 7. The van der Waals surface area contributed by atoms with E-state index >= 15 is 0 Å². The summed E-state index contributed by atoms with van der Waals surface area (Å²) < 4.78 is 3.75. The van der Waals surface area contributed by atoms with Crippen molar-refractivity contribution in [2.24, 2.45) is 14.1 Å². The second kappa shape index (κ2) is 6.44. The molecule has 0 unspecified atom stereocenters. The average molecular weight is 328 g/mol. The van der Waals surface area contributed by atoms with Gasteiger partial charge in [0.2, 0.25) is 5.95 Å². The van der Waals surface area contributed by atoms with E-state index in [-0.39, 0.29) is 18.8 Å². The predicted octanol–water partition coefficient (Wildman–Crippen LogP) is -0.874. The van der Waals surface area contributed by atoms with Crippen LogP contribution in [0.4, 0.5) is 5.95 Å². The van der Waals surface area contributed by atoms with Crippen molar-refractivity contribution in [3.8, 4) is 0 Å². The first-order valence-electron chi connectivity index (χ1n) is 7.23. The number of nitrogens with one attached hydrogen (secondary N) is 1. The van der Waals surface area contributed by atoms with Gasteiger partial charge in [0.25, 0.3) is 5.56 Å². The van der Waals surface area contributed by atoms with Crippen molar-refractivity contribution < 1.29 is 0 Å². The Morgan fingerprint density at radius 1 is 1.08 bits per heavy atom. The van der Waals surface area contributed by atoms with Crippen LogP contribution in [-0.2, 0) is 27.2 Å². The zero-order chi connectivity index (χ0) is 17.1. The van der Waals surface area contributed by atoms with Crippen LogP contribution in [0.2, 0.25) is 0 Å². The number of hydrogen-bond acceptors (Lipinski definition) is 7. The average Bonchev–Trinajstić information content (AvgIpc) is 3.00. The van der Waals surface area contributed by atoms with Gasteiger partial charge < -0.3 is 5.32 Å². The van der Waals surface area contributed by atoms with E-state index < -0.39 is 11.2 Å².